The largest absolute Gasteiger partial charge is 0.520 e. The molecule has 0 radical (unpaired) electrons. The number of fused-ring (bicyclic) bond motifs is 15. The van der Waals surface area contributed by atoms with Crippen molar-refractivity contribution in [3.05, 3.63) is 12.0 Å². The molecule has 0 aromatic rings. The predicted molar refractivity (Wildman–Crippen MR) is 423 cm³/mol. The maximum Gasteiger partial charge on any atom is 0.305 e. The van der Waals surface area contributed by atoms with Crippen molar-refractivity contribution >= 4 is 20.3 Å². The highest BCUT2D eigenvalue weighted by Crippen LogP contribution is 2.75. The topological polar surface area (TPSA) is 180 Å². The minimum absolute atomic E-state index is 0.0649. The molecule has 606 valence electrons. The molecular formula is C91H160O13Si. The summed E-state index contributed by atoms with van der Waals surface area (Å²) in [5.41, 5.74) is 1.37. The summed E-state index contributed by atoms with van der Waals surface area (Å²) in [7, 11) is 5.14. The highest BCUT2D eigenvalue weighted by molar-refractivity contribution is 6.70. The first-order valence-corrected chi connectivity index (χ1v) is 47.4. The van der Waals surface area contributed by atoms with Gasteiger partial charge in [0.1, 0.15) is 13.6 Å². The average Bonchev–Trinajstić information content (AvgIpc) is 1.69. The van der Waals surface area contributed by atoms with Crippen molar-refractivity contribution in [2.24, 2.45) is 180 Å². The summed E-state index contributed by atoms with van der Waals surface area (Å²) in [4.78, 5) is 23.0. The zero-order valence-electron chi connectivity index (χ0n) is 71.2. The van der Waals surface area contributed by atoms with E-state index in [4.69, 9.17) is 38.0 Å². The van der Waals surface area contributed by atoms with E-state index in [0.29, 0.717) is 131 Å². The summed E-state index contributed by atoms with van der Waals surface area (Å²) in [5.74, 6) is 14.5. The van der Waals surface area contributed by atoms with E-state index in [9.17, 15) is 24.9 Å². The van der Waals surface area contributed by atoms with Gasteiger partial charge < -0.3 is 53.3 Å². The molecule has 0 aromatic heterocycles. The molecule has 4 N–H and O–H groups in total. The fraction of sp³-hybridized carbons (Fsp3) is 0.956. The van der Waals surface area contributed by atoms with Crippen LogP contribution in [-0.2, 0) is 42.4 Å². The van der Waals surface area contributed by atoms with Crippen molar-refractivity contribution in [3.63, 3.8) is 0 Å². The molecule has 12 aliphatic carbocycles. The third kappa shape index (κ3) is 15.8. The van der Waals surface area contributed by atoms with Gasteiger partial charge in [0, 0.05) is 27.1 Å². The van der Waals surface area contributed by atoms with Gasteiger partial charge in [0.15, 0.2) is 0 Å². The standard InChI is InChI=1S/C34H62O4Si.C31H54O4.C26H44O5/c1-12-25-28-19-22(2)17-18-33(28,5)29-20-24(4)34(6)26(14-15-27(34)31(29)32(25)37-21-35-7)23(3)13-16-30(36-8)38-39(9,10)11;1-9-22-25-16-19(2)14-15-30(25,5)26-17-21(4)31(6)23(20(3)10-13-27(32)34-8)11-12-24(31)28(26)29(22)35-18-33-7;1-5-16-19-12-15(27)10-11-25(19,3)20-13-21(28)26(4)17(14(2)6-9-22(29)30)7-8-18(26)23(20)24(16)31/h16,22-29,31-32H,12-15,17-21H2,1-11H3;19-26,28-29H,9-18H2,1-8H3;14-21,23-24,27-28,31H,5-13H2,1-4H3,(H,29,30)/t22-,23-,24+,25-,26-,27?,28+,29?,31?,32-,33+,34-;19-,20-,21+,22-,23-,24?,25+,26?,28?,29-,30+,31-;14-,15-,16-,17-,18?,19+,20?,21+,23?,24-,25+,26-/m111/s1. The summed E-state index contributed by atoms with van der Waals surface area (Å²) >= 11 is 0. The predicted octanol–water partition coefficient (Wildman–Crippen LogP) is 20.6. The molecule has 0 amide bonds. The van der Waals surface area contributed by atoms with Crippen molar-refractivity contribution in [1.29, 1.82) is 0 Å². The Balaban J connectivity index is 0.000000170. The number of hydrogen-bond acceptors (Lipinski definition) is 12. The monoisotopic (exact) mass is 1490 g/mol. The molecule has 12 saturated carbocycles. The van der Waals surface area contributed by atoms with Crippen molar-refractivity contribution in [2.75, 3.05) is 42.0 Å². The molecule has 0 heterocycles. The van der Waals surface area contributed by atoms with Crippen molar-refractivity contribution in [3.8, 4) is 0 Å². The number of esters is 1. The van der Waals surface area contributed by atoms with Crippen LogP contribution in [0.1, 0.15) is 278 Å². The van der Waals surface area contributed by atoms with Gasteiger partial charge in [-0.05, 0) is 328 Å². The summed E-state index contributed by atoms with van der Waals surface area (Å²) in [5, 5.41) is 42.9. The first kappa shape index (κ1) is 85.6. The number of rotatable bonds is 23. The first-order chi connectivity index (χ1) is 49.5. The van der Waals surface area contributed by atoms with Crippen LogP contribution in [0, 0.1) is 180 Å². The number of allylic oxidation sites excluding steroid dienone is 1. The summed E-state index contributed by atoms with van der Waals surface area (Å²) in [6.07, 6.45) is 30.3. The van der Waals surface area contributed by atoms with E-state index in [1.807, 2.05) is 0 Å². The Bertz CT molecular complexity index is 2860. The van der Waals surface area contributed by atoms with E-state index in [0.717, 1.165) is 117 Å². The van der Waals surface area contributed by atoms with Crippen LogP contribution in [0.5, 0.6) is 0 Å². The maximum absolute atomic E-state index is 11.9. The second-order valence-electron chi connectivity index (χ2n) is 41.5. The summed E-state index contributed by atoms with van der Waals surface area (Å²) < 4.78 is 41.4. The van der Waals surface area contributed by atoms with Crippen LogP contribution >= 0.6 is 0 Å². The second kappa shape index (κ2) is 34.1. The fourth-order valence-electron chi connectivity index (χ4n) is 30.7. The van der Waals surface area contributed by atoms with Crippen LogP contribution in [0.15, 0.2) is 12.0 Å². The number of hydrogen-bond donors (Lipinski definition) is 4. The molecular weight excluding hydrogens is 1330 g/mol. The average molecular weight is 1490 g/mol. The highest BCUT2D eigenvalue weighted by atomic mass is 28.4. The Morgan fingerprint density at radius 3 is 1.33 bits per heavy atom. The highest BCUT2D eigenvalue weighted by Gasteiger charge is 2.71. The lowest BCUT2D eigenvalue weighted by atomic mass is 9.39. The minimum atomic E-state index is -1.69. The molecule has 36 atom stereocenters. The molecule has 105 heavy (non-hydrogen) atoms. The Morgan fingerprint density at radius 1 is 0.486 bits per heavy atom. The second-order valence-corrected chi connectivity index (χ2v) is 45.9. The number of carbonyl (C=O) groups is 2. The maximum atomic E-state index is 11.9. The van der Waals surface area contributed by atoms with Crippen LogP contribution in [0.3, 0.4) is 0 Å². The number of carbonyl (C=O) groups excluding carboxylic acids is 1. The van der Waals surface area contributed by atoms with Crippen molar-refractivity contribution < 1.29 is 62.9 Å². The molecule has 12 rings (SSSR count). The molecule has 0 saturated heterocycles. The third-order valence-corrected chi connectivity index (χ3v) is 36.9. The van der Waals surface area contributed by atoms with E-state index >= 15 is 0 Å². The lowest BCUT2D eigenvalue weighted by Crippen LogP contribution is -2.65. The van der Waals surface area contributed by atoms with Gasteiger partial charge in [0.05, 0.1) is 44.7 Å². The van der Waals surface area contributed by atoms with Gasteiger partial charge in [-0.2, -0.15) is 0 Å². The Hall–Kier alpha value is -1.78. The number of aliphatic hydroxyl groups is 3. The van der Waals surface area contributed by atoms with Crippen LogP contribution in [0.25, 0.3) is 0 Å². The molecule has 0 aromatic carbocycles. The smallest absolute Gasteiger partial charge is 0.305 e. The van der Waals surface area contributed by atoms with Gasteiger partial charge in [-0.25, -0.2) is 0 Å². The molecule has 0 aliphatic heterocycles. The van der Waals surface area contributed by atoms with Crippen molar-refractivity contribution in [1.82, 2.24) is 0 Å². The lowest BCUT2D eigenvalue weighted by molar-refractivity contribution is -0.240. The molecule has 12 aliphatic rings. The van der Waals surface area contributed by atoms with Gasteiger partial charge in [-0.3, -0.25) is 9.59 Å². The lowest BCUT2D eigenvalue weighted by Gasteiger charge is -2.67. The van der Waals surface area contributed by atoms with Crippen LogP contribution in [-0.4, -0.2) is 113 Å². The third-order valence-electron chi connectivity index (χ3n) is 36.1. The van der Waals surface area contributed by atoms with E-state index in [1.165, 1.54) is 97.0 Å². The number of aliphatic carboxylic acids is 1. The molecule has 0 bridgehead atoms. The normalized spacial score (nSPS) is 48.3. The minimum Gasteiger partial charge on any atom is -0.520 e. The molecule has 14 heteroatoms. The summed E-state index contributed by atoms with van der Waals surface area (Å²) in [6, 6.07) is 0. The Kier molecular flexibility index (Phi) is 27.8. The Morgan fingerprint density at radius 2 is 0.905 bits per heavy atom. The van der Waals surface area contributed by atoms with Crippen molar-refractivity contribution in [2.45, 2.75) is 328 Å². The first-order valence-electron chi connectivity index (χ1n) is 44.0. The molecule has 9 unspecified atom stereocenters. The molecule has 0 spiro atoms. The van der Waals surface area contributed by atoms with E-state index in [-0.39, 0.29) is 59.1 Å². The molecule has 13 nitrogen and oxygen atoms in total. The Labute approximate surface area is 642 Å². The number of ether oxygens (including phenoxy) is 6. The van der Waals surface area contributed by atoms with E-state index < -0.39 is 20.4 Å². The number of carboxylic acid groups (broad SMARTS) is 1. The van der Waals surface area contributed by atoms with Crippen LogP contribution < -0.4 is 0 Å². The molecule has 12 fully saturated rings. The van der Waals surface area contributed by atoms with Gasteiger partial charge >= 0.3 is 11.9 Å². The number of carboxylic acids is 1. The van der Waals surface area contributed by atoms with E-state index in [2.05, 4.69) is 136 Å². The summed E-state index contributed by atoms with van der Waals surface area (Å²) in [6.45, 7) is 47.0. The van der Waals surface area contributed by atoms with Gasteiger partial charge in [0.2, 0.25) is 8.32 Å². The quantitative estimate of drug-likeness (QED) is 0.0329. The van der Waals surface area contributed by atoms with Crippen LogP contribution in [0.4, 0.5) is 0 Å². The fourth-order valence-corrected chi connectivity index (χ4v) is 31.4. The van der Waals surface area contributed by atoms with Gasteiger partial charge in [-0.1, -0.05) is 143 Å². The van der Waals surface area contributed by atoms with Gasteiger partial charge in [0.25, 0.3) is 5.95 Å². The van der Waals surface area contributed by atoms with E-state index in [1.54, 1.807) is 21.3 Å². The van der Waals surface area contributed by atoms with Gasteiger partial charge in [-0.15, -0.1) is 0 Å². The zero-order valence-corrected chi connectivity index (χ0v) is 72.2. The number of methoxy groups -OCH3 is 4. The van der Waals surface area contributed by atoms with Crippen LogP contribution in [0.2, 0.25) is 19.6 Å². The number of aliphatic hydroxyl groups excluding tert-OH is 3. The zero-order chi connectivity index (χ0) is 77.0. The SMILES string of the molecule is CC[C@H]1[C@@H](O)C2C3CC[C@H]([C@H](C)CCC(=O)O)[C@@]3(C)[C@@H](O)CC2[C@@]2(C)CC[C@@H](O)C[C@@H]12.CC[C@H]1[C@@H](OCOC)C2C3CC[C@H]([C@H](C)CC=C(OC)O[Si](C)(C)C)[C@@]3(C)[C@@H](C)CC2[C@@]2(C)CC[C@@H](C)C[C@@H]12.CC[C@H]1[C@@H](OCOC)C2C3CC[C@H]([C@H](C)CCC(=O)OC)[C@@]3(C)[C@@H](C)CC2[C@@]2(C)CC[C@@H](C)C[C@@H]12.